The van der Waals surface area contributed by atoms with Crippen molar-refractivity contribution in [3.63, 3.8) is 0 Å². The maximum atomic E-state index is 11.3. The molecule has 1 amide bonds. The molecule has 1 rings (SSSR count). The van der Waals surface area contributed by atoms with Crippen LogP contribution in [0, 0.1) is 5.92 Å². The van der Waals surface area contributed by atoms with Gasteiger partial charge in [-0.05, 0) is 18.8 Å². The zero-order chi connectivity index (χ0) is 11.3. The summed E-state index contributed by atoms with van der Waals surface area (Å²) < 4.78 is 0. The highest BCUT2D eigenvalue weighted by Crippen LogP contribution is 2.31. The van der Waals surface area contributed by atoms with Gasteiger partial charge in [0.2, 0.25) is 5.91 Å². The maximum absolute atomic E-state index is 11.3. The molecule has 1 fully saturated rings. The fourth-order valence-electron chi connectivity index (χ4n) is 2.23. The fraction of sp³-hybridized carbons (Fsp3) is 0.909. The second kappa shape index (κ2) is 5.85. The summed E-state index contributed by atoms with van der Waals surface area (Å²) in [4.78, 5) is 11.3. The minimum absolute atomic E-state index is 0.0125. The van der Waals surface area contributed by atoms with Crippen molar-refractivity contribution >= 4 is 21.8 Å². The molecule has 88 valence electrons. The monoisotopic (exact) mass is 277 g/mol. The van der Waals surface area contributed by atoms with Crippen LogP contribution in [0.5, 0.6) is 0 Å². The van der Waals surface area contributed by atoms with Crippen molar-refractivity contribution in [3.8, 4) is 0 Å². The van der Waals surface area contributed by atoms with E-state index in [4.69, 9.17) is 0 Å². The number of alkyl halides is 1. The quantitative estimate of drug-likeness (QED) is 0.771. The molecule has 2 N–H and O–H groups in total. The summed E-state index contributed by atoms with van der Waals surface area (Å²) in [5.74, 6) is 0.579. The first-order valence-electron chi connectivity index (χ1n) is 5.61. The normalized spacial score (nSPS) is 31.3. The molecule has 0 aromatic carbocycles. The SMILES string of the molecule is CC1CCCC(O)(CNC(=O)CCBr)C1. The first-order valence-corrected chi connectivity index (χ1v) is 6.73. The summed E-state index contributed by atoms with van der Waals surface area (Å²) in [7, 11) is 0. The van der Waals surface area contributed by atoms with Gasteiger partial charge in [0.1, 0.15) is 0 Å². The molecule has 1 aliphatic rings. The molecule has 0 aromatic rings. The lowest BCUT2D eigenvalue weighted by atomic mass is 9.79. The van der Waals surface area contributed by atoms with Gasteiger partial charge in [-0.15, -0.1) is 0 Å². The molecule has 0 spiro atoms. The molecule has 1 saturated carbocycles. The number of hydrogen-bond acceptors (Lipinski definition) is 2. The number of carbonyl (C=O) groups excluding carboxylic acids is 1. The Morgan fingerprint density at radius 1 is 1.67 bits per heavy atom. The van der Waals surface area contributed by atoms with Gasteiger partial charge in [-0.2, -0.15) is 0 Å². The van der Waals surface area contributed by atoms with Crippen molar-refractivity contribution in [2.45, 2.75) is 44.6 Å². The van der Waals surface area contributed by atoms with Crippen molar-refractivity contribution in [1.29, 1.82) is 0 Å². The second-order valence-corrected chi connectivity index (χ2v) is 5.43. The zero-order valence-electron chi connectivity index (χ0n) is 9.26. The summed E-state index contributed by atoms with van der Waals surface area (Å²) in [5, 5.41) is 13.7. The van der Waals surface area contributed by atoms with E-state index in [2.05, 4.69) is 28.2 Å². The van der Waals surface area contributed by atoms with E-state index in [1.165, 1.54) is 6.42 Å². The highest BCUT2D eigenvalue weighted by atomic mass is 79.9. The molecule has 0 radical (unpaired) electrons. The van der Waals surface area contributed by atoms with E-state index >= 15 is 0 Å². The van der Waals surface area contributed by atoms with Crippen molar-refractivity contribution in [3.05, 3.63) is 0 Å². The minimum atomic E-state index is -0.667. The first kappa shape index (κ1) is 13.0. The topological polar surface area (TPSA) is 49.3 Å². The van der Waals surface area contributed by atoms with Gasteiger partial charge in [-0.25, -0.2) is 0 Å². The van der Waals surface area contributed by atoms with Crippen molar-refractivity contribution in [2.24, 2.45) is 5.92 Å². The van der Waals surface area contributed by atoms with Crippen LogP contribution in [0.4, 0.5) is 0 Å². The Morgan fingerprint density at radius 3 is 3.00 bits per heavy atom. The van der Waals surface area contributed by atoms with Gasteiger partial charge in [0.15, 0.2) is 0 Å². The first-order chi connectivity index (χ1) is 7.06. The third-order valence-electron chi connectivity index (χ3n) is 3.00. The van der Waals surface area contributed by atoms with Crippen LogP contribution >= 0.6 is 15.9 Å². The molecule has 15 heavy (non-hydrogen) atoms. The van der Waals surface area contributed by atoms with Crippen LogP contribution in [0.15, 0.2) is 0 Å². The molecule has 1 aliphatic carbocycles. The molecule has 0 saturated heterocycles. The number of halogens is 1. The smallest absolute Gasteiger partial charge is 0.220 e. The molecule has 2 atom stereocenters. The third kappa shape index (κ3) is 4.51. The van der Waals surface area contributed by atoms with Gasteiger partial charge in [0.25, 0.3) is 0 Å². The summed E-state index contributed by atoms with van der Waals surface area (Å²) in [6.07, 6.45) is 4.35. The summed E-state index contributed by atoms with van der Waals surface area (Å²) in [5.41, 5.74) is -0.667. The van der Waals surface area contributed by atoms with Crippen LogP contribution in [-0.4, -0.2) is 28.5 Å². The van der Waals surface area contributed by atoms with Crippen molar-refractivity contribution in [1.82, 2.24) is 5.32 Å². The van der Waals surface area contributed by atoms with Crippen LogP contribution in [-0.2, 0) is 4.79 Å². The zero-order valence-corrected chi connectivity index (χ0v) is 10.8. The third-order valence-corrected chi connectivity index (χ3v) is 3.40. The van der Waals surface area contributed by atoms with E-state index in [1.807, 2.05) is 0 Å². The number of amides is 1. The number of carbonyl (C=O) groups is 1. The van der Waals surface area contributed by atoms with E-state index in [0.29, 0.717) is 24.2 Å². The molecule has 4 heteroatoms. The Morgan fingerprint density at radius 2 is 2.40 bits per heavy atom. The Hall–Kier alpha value is -0.0900. The lowest BCUT2D eigenvalue weighted by Gasteiger charge is -2.35. The van der Waals surface area contributed by atoms with Gasteiger partial charge < -0.3 is 10.4 Å². The number of nitrogens with one attached hydrogen (secondary N) is 1. The van der Waals surface area contributed by atoms with Crippen molar-refractivity contribution < 1.29 is 9.90 Å². The van der Waals surface area contributed by atoms with E-state index in [0.717, 1.165) is 19.3 Å². The lowest BCUT2D eigenvalue weighted by Crippen LogP contribution is -2.45. The number of hydrogen-bond donors (Lipinski definition) is 2. The largest absolute Gasteiger partial charge is 0.388 e. The fourth-order valence-corrected chi connectivity index (χ4v) is 2.59. The van der Waals surface area contributed by atoms with Gasteiger partial charge in [0, 0.05) is 18.3 Å². The Bertz CT molecular complexity index is 223. The molecule has 0 heterocycles. The average Bonchev–Trinajstić information content (AvgIpc) is 2.15. The standard InChI is InChI=1S/C11H20BrNO2/c1-9-3-2-5-11(15,7-9)8-13-10(14)4-6-12/h9,15H,2-8H2,1H3,(H,13,14). The molecular formula is C11H20BrNO2. The molecule has 0 aliphatic heterocycles. The van der Waals surface area contributed by atoms with Gasteiger partial charge in [-0.3, -0.25) is 4.79 Å². The minimum Gasteiger partial charge on any atom is -0.388 e. The van der Waals surface area contributed by atoms with Gasteiger partial charge >= 0.3 is 0 Å². The lowest BCUT2D eigenvalue weighted by molar-refractivity contribution is -0.122. The number of rotatable bonds is 4. The summed E-state index contributed by atoms with van der Waals surface area (Å²) in [6.45, 7) is 2.56. The van der Waals surface area contributed by atoms with E-state index in [-0.39, 0.29) is 5.91 Å². The highest BCUT2D eigenvalue weighted by molar-refractivity contribution is 9.09. The van der Waals surface area contributed by atoms with Crippen LogP contribution in [0.3, 0.4) is 0 Å². The molecule has 0 bridgehead atoms. The Balaban J connectivity index is 2.32. The Labute approximate surface area is 99.8 Å². The molecule has 0 aromatic heterocycles. The average molecular weight is 278 g/mol. The van der Waals surface area contributed by atoms with Crippen LogP contribution < -0.4 is 5.32 Å². The van der Waals surface area contributed by atoms with Crippen LogP contribution in [0.1, 0.15) is 39.0 Å². The molecule has 2 unspecified atom stereocenters. The highest BCUT2D eigenvalue weighted by Gasteiger charge is 2.32. The molecule has 3 nitrogen and oxygen atoms in total. The second-order valence-electron chi connectivity index (χ2n) is 4.64. The molecular weight excluding hydrogens is 258 g/mol. The van der Waals surface area contributed by atoms with Crippen LogP contribution in [0.25, 0.3) is 0 Å². The van der Waals surface area contributed by atoms with Gasteiger partial charge in [-0.1, -0.05) is 35.7 Å². The van der Waals surface area contributed by atoms with Gasteiger partial charge in [0.05, 0.1) is 5.60 Å². The van der Waals surface area contributed by atoms with E-state index in [9.17, 15) is 9.90 Å². The summed E-state index contributed by atoms with van der Waals surface area (Å²) in [6, 6.07) is 0. The predicted molar refractivity (Wildman–Crippen MR) is 64.0 cm³/mol. The predicted octanol–water partition coefficient (Wildman–Crippen LogP) is 1.83. The van der Waals surface area contributed by atoms with E-state index < -0.39 is 5.60 Å². The number of aliphatic hydroxyl groups is 1. The maximum Gasteiger partial charge on any atom is 0.220 e. The van der Waals surface area contributed by atoms with Crippen LogP contribution in [0.2, 0.25) is 0 Å². The van der Waals surface area contributed by atoms with Crippen molar-refractivity contribution in [2.75, 3.05) is 11.9 Å². The Kier molecular flexibility index (Phi) is 5.06. The van der Waals surface area contributed by atoms with E-state index in [1.54, 1.807) is 0 Å². The summed E-state index contributed by atoms with van der Waals surface area (Å²) >= 11 is 3.22.